The van der Waals surface area contributed by atoms with Gasteiger partial charge in [-0.1, -0.05) is 46.8 Å². The molecule has 0 nitrogen and oxygen atoms in total. The van der Waals surface area contributed by atoms with Crippen molar-refractivity contribution in [3.8, 4) is 0 Å². The largest absolute Gasteiger partial charge is 0.207 e. The van der Waals surface area contributed by atoms with Crippen molar-refractivity contribution in [2.75, 3.05) is 0 Å². The van der Waals surface area contributed by atoms with Gasteiger partial charge in [0.2, 0.25) is 0 Å². The minimum Gasteiger partial charge on any atom is -0.207 e. The van der Waals surface area contributed by atoms with Crippen LogP contribution in [0.15, 0.2) is 18.2 Å². The monoisotopic (exact) mass is 250 g/mol. The summed E-state index contributed by atoms with van der Waals surface area (Å²) in [5.41, 5.74) is 1.99. The maximum atomic E-state index is 14.4. The zero-order valence-electron chi connectivity index (χ0n) is 12.5. The smallest absolute Gasteiger partial charge is 0.127 e. The number of hydrogen-bond acceptors (Lipinski definition) is 0. The van der Waals surface area contributed by atoms with Gasteiger partial charge < -0.3 is 0 Å². The van der Waals surface area contributed by atoms with Crippen molar-refractivity contribution in [3.05, 3.63) is 35.1 Å². The van der Waals surface area contributed by atoms with Crippen molar-refractivity contribution < 1.29 is 4.39 Å². The Bertz CT molecular complexity index is 373. The van der Waals surface area contributed by atoms with Crippen molar-refractivity contribution >= 4 is 0 Å². The highest BCUT2D eigenvalue weighted by atomic mass is 19.1. The Labute approximate surface area is 112 Å². The van der Waals surface area contributed by atoms with Crippen LogP contribution in [0.5, 0.6) is 0 Å². The van der Waals surface area contributed by atoms with Crippen LogP contribution in [0.2, 0.25) is 0 Å². The maximum Gasteiger partial charge on any atom is 0.127 e. The summed E-state index contributed by atoms with van der Waals surface area (Å²) in [7, 11) is 0. The molecule has 0 amide bonds. The van der Waals surface area contributed by atoms with E-state index in [4.69, 9.17) is 0 Å². The fourth-order valence-corrected chi connectivity index (χ4v) is 2.67. The van der Waals surface area contributed by atoms with Gasteiger partial charge in [-0.2, -0.15) is 0 Å². The molecule has 0 N–H and O–H groups in total. The van der Waals surface area contributed by atoms with Crippen LogP contribution < -0.4 is 0 Å². The Morgan fingerprint density at radius 1 is 1.06 bits per heavy atom. The molecule has 0 heterocycles. The van der Waals surface area contributed by atoms with Gasteiger partial charge >= 0.3 is 0 Å². The van der Waals surface area contributed by atoms with E-state index in [0.717, 1.165) is 36.8 Å². The van der Waals surface area contributed by atoms with Crippen LogP contribution in [0.25, 0.3) is 0 Å². The van der Waals surface area contributed by atoms with E-state index in [1.165, 1.54) is 0 Å². The van der Waals surface area contributed by atoms with Gasteiger partial charge in [-0.05, 0) is 54.2 Å². The van der Waals surface area contributed by atoms with Gasteiger partial charge in [0.05, 0.1) is 0 Å². The molecule has 0 aromatic heterocycles. The van der Waals surface area contributed by atoms with Gasteiger partial charge in [-0.15, -0.1) is 0 Å². The molecule has 0 spiro atoms. The molecule has 0 saturated heterocycles. The van der Waals surface area contributed by atoms with E-state index < -0.39 is 0 Å². The predicted molar refractivity (Wildman–Crippen MR) is 77.7 cm³/mol. The third-order valence-corrected chi connectivity index (χ3v) is 4.66. The van der Waals surface area contributed by atoms with Crippen molar-refractivity contribution in [1.29, 1.82) is 0 Å². The molecular formula is C17H27F. The zero-order chi connectivity index (χ0) is 13.8. The lowest BCUT2D eigenvalue weighted by atomic mass is 9.77. The Morgan fingerprint density at radius 3 is 2.00 bits per heavy atom. The molecule has 0 bridgehead atoms. The molecule has 1 aromatic carbocycles. The molecule has 0 radical (unpaired) electrons. The van der Waals surface area contributed by atoms with Crippen molar-refractivity contribution in [3.63, 3.8) is 0 Å². The van der Waals surface area contributed by atoms with Crippen LogP contribution in [0.1, 0.15) is 77.3 Å². The lowest BCUT2D eigenvalue weighted by molar-refractivity contribution is 0.414. The Morgan fingerprint density at radius 2 is 1.61 bits per heavy atom. The summed E-state index contributed by atoms with van der Waals surface area (Å²) in [6.45, 7) is 10.8. The van der Waals surface area contributed by atoms with E-state index in [9.17, 15) is 4.39 Å². The van der Waals surface area contributed by atoms with Crippen LogP contribution in [-0.2, 0) is 5.41 Å². The topological polar surface area (TPSA) is 0 Å². The predicted octanol–water partition coefficient (Wildman–Crippen LogP) is 5.81. The first-order valence-electron chi connectivity index (χ1n) is 7.32. The molecule has 1 rings (SSSR count). The SMILES string of the molecule is CCC(CC)c1ccc(C(C)(CC)CC)c(F)c1. The van der Waals surface area contributed by atoms with Crippen LogP contribution in [0.4, 0.5) is 4.39 Å². The summed E-state index contributed by atoms with van der Waals surface area (Å²) in [5, 5.41) is 0. The Hall–Kier alpha value is -0.850. The summed E-state index contributed by atoms with van der Waals surface area (Å²) < 4.78 is 14.4. The third-order valence-electron chi connectivity index (χ3n) is 4.66. The second-order valence-corrected chi connectivity index (χ2v) is 5.52. The second kappa shape index (κ2) is 6.36. The van der Waals surface area contributed by atoms with Gasteiger partial charge in [-0.3, -0.25) is 0 Å². The van der Waals surface area contributed by atoms with E-state index >= 15 is 0 Å². The average molecular weight is 250 g/mol. The van der Waals surface area contributed by atoms with E-state index in [1.807, 2.05) is 6.07 Å². The molecule has 102 valence electrons. The van der Waals surface area contributed by atoms with Crippen molar-refractivity contribution in [2.24, 2.45) is 0 Å². The number of rotatable bonds is 6. The van der Waals surface area contributed by atoms with Gasteiger partial charge in [0.25, 0.3) is 0 Å². The van der Waals surface area contributed by atoms with Crippen LogP contribution in [0, 0.1) is 5.82 Å². The van der Waals surface area contributed by atoms with Crippen LogP contribution in [-0.4, -0.2) is 0 Å². The third kappa shape index (κ3) is 2.93. The highest BCUT2D eigenvalue weighted by Gasteiger charge is 2.26. The van der Waals surface area contributed by atoms with Gasteiger partial charge in [0.15, 0.2) is 0 Å². The quantitative estimate of drug-likeness (QED) is 0.598. The molecule has 0 aliphatic heterocycles. The minimum absolute atomic E-state index is 0.0226. The number of halogens is 1. The molecule has 0 atom stereocenters. The highest BCUT2D eigenvalue weighted by Crippen LogP contribution is 2.34. The molecule has 18 heavy (non-hydrogen) atoms. The molecule has 1 heteroatoms. The fraction of sp³-hybridized carbons (Fsp3) is 0.647. The van der Waals surface area contributed by atoms with Crippen molar-refractivity contribution in [2.45, 2.75) is 71.6 Å². The van der Waals surface area contributed by atoms with Crippen molar-refractivity contribution in [1.82, 2.24) is 0 Å². The molecular weight excluding hydrogens is 223 g/mol. The summed E-state index contributed by atoms with van der Waals surface area (Å²) >= 11 is 0. The van der Waals surface area contributed by atoms with Gasteiger partial charge in [0.1, 0.15) is 5.82 Å². The standard InChI is InChI=1S/C17H27F/c1-6-13(7-2)14-10-11-15(16(18)12-14)17(5,8-3)9-4/h10-13H,6-9H2,1-5H3. The second-order valence-electron chi connectivity index (χ2n) is 5.52. The average Bonchev–Trinajstić information content (AvgIpc) is 2.39. The minimum atomic E-state index is -0.0312. The number of hydrogen-bond donors (Lipinski definition) is 0. The van der Waals surface area contributed by atoms with E-state index in [0.29, 0.717) is 5.92 Å². The first kappa shape index (κ1) is 15.2. The summed E-state index contributed by atoms with van der Waals surface area (Å²) in [5.74, 6) is 0.466. The molecule has 1 aromatic rings. The highest BCUT2D eigenvalue weighted by molar-refractivity contribution is 5.32. The molecule has 0 fully saturated rings. The van der Waals surface area contributed by atoms with E-state index in [-0.39, 0.29) is 11.2 Å². The summed E-state index contributed by atoms with van der Waals surface area (Å²) in [6, 6.07) is 5.90. The van der Waals surface area contributed by atoms with Crippen LogP contribution in [0.3, 0.4) is 0 Å². The summed E-state index contributed by atoms with van der Waals surface area (Å²) in [6.07, 6.45) is 4.11. The lowest BCUT2D eigenvalue weighted by Crippen LogP contribution is -2.21. The normalized spacial score (nSPS) is 12.2. The fourth-order valence-electron chi connectivity index (χ4n) is 2.67. The van der Waals surface area contributed by atoms with Crippen LogP contribution >= 0.6 is 0 Å². The number of benzene rings is 1. The first-order valence-corrected chi connectivity index (χ1v) is 7.32. The van der Waals surface area contributed by atoms with E-state index in [2.05, 4.69) is 40.7 Å². The van der Waals surface area contributed by atoms with Gasteiger partial charge in [-0.25, -0.2) is 4.39 Å². The Balaban J connectivity index is 3.13. The lowest BCUT2D eigenvalue weighted by Gasteiger charge is -2.28. The first-order chi connectivity index (χ1) is 8.52. The maximum absolute atomic E-state index is 14.4. The molecule has 0 aliphatic carbocycles. The molecule has 0 unspecified atom stereocenters. The molecule has 0 saturated carbocycles. The summed E-state index contributed by atoms with van der Waals surface area (Å²) in [4.78, 5) is 0. The molecule has 0 aliphatic rings. The van der Waals surface area contributed by atoms with E-state index in [1.54, 1.807) is 6.07 Å². The Kier molecular flexibility index (Phi) is 5.37. The zero-order valence-corrected chi connectivity index (χ0v) is 12.5. The van der Waals surface area contributed by atoms with Gasteiger partial charge in [0, 0.05) is 0 Å².